The lowest BCUT2D eigenvalue weighted by Crippen LogP contribution is -2.43. The number of carbonyl (C=O) groups excluding carboxylic acids is 2. The van der Waals surface area contributed by atoms with Gasteiger partial charge in [0.25, 0.3) is 0 Å². The van der Waals surface area contributed by atoms with Gasteiger partial charge in [0.05, 0.1) is 0 Å². The SMILES string of the molecule is CN(CCCCC(NC(=O)CO)C(=O)OCC(=O)O)C(=O)O. The van der Waals surface area contributed by atoms with Crippen molar-refractivity contribution in [2.75, 3.05) is 26.8 Å². The van der Waals surface area contributed by atoms with Gasteiger partial charge in [0.2, 0.25) is 5.91 Å². The summed E-state index contributed by atoms with van der Waals surface area (Å²) in [7, 11) is 1.40. The van der Waals surface area contributed by atoms with Crippen molar-refractivity contribution in [2.24, 2.45) is 0 Å². The van der Waals surface area contributed by atoms with Crippen molar-refractivity contribution in [3.63, 3.8) is 0 Å². The molecule has 2 amide bonds. The van der Waals surface area contributed by atoms with Crippen molar-refractivity contribution < 1.29 is 39.2 Å². The van der Waals surface area contributed by atoms with Crippen molar-refractivity contribution in [3.05, 3.63) is 0 Å². The molecule has 0 fully saturated rings. The van der Waals surface area contributed by atoms with Crippen LogP contribution in [0.4, 0.5) is 4.79 Å². The summed E-state index contributed by atoms with van der Waals surface area (Å²) in [6.45, 7) is -1.39. The first-order valence-corrected chi connectivity index (χ1v) is 6.50. The third kappa shape index (κ3) is 8.74. The molecule has 0 aliphatic rings. The Morgan fingerprint density at radius 3 is 2.32 bits per heavy atom. The molecule has 0 bridgehead atoms. The van der Waals surface area contributed by atoms with Gasteiger partial charge in [-0.2, -0.15) is 0 Å². The fourth-order valence-electron chi connectivity index (χ4n) is 1.52. The molecule has 0 saturated carbocycles. The number of aliphatic hydroxyl groups is 1. The van der Waals surface area contributed by atoms with Gasteiger partial charge in [-0.1, -0.05) is 0 Å². The average Bonchev–Trinajstić information content (AvgIpc) is 2.46. The molecule has 1 atom stereocenters. The predicted octanol–water partition coefficient (Wildman–Crippen LogP) is -1.13. The maximum Gasteiger partial charge on any atom is 0.407 e. The van der Waals surface area contributed by atoms with E-state index in [4.69, 9.17) is 15.3 Å². The number of rotatable bonds is 10. The van der Waals surface area contributed by atoms with Crippen LogP contribution in [0.3, 0.4) is 0 Å². The van der Waals surface area contributed by atoms with Gasteiger partial charge >= 0.3 is 18.0 Å². The number of carbonyl (C=O) groups is 4. The van der Waals surface area contributed by atoms with E-state index in [1.54, 1.807) is 0 Å². The Labute approximate surface area is 126 Å². The van der Waals surface area contributed by atoms with Crippen LogP contribution in [0.5, 0.6) is 0 Å². The molecule has 0 spiro atoms. The number of carboxylic acids is 1. The minimum absolute atomic E-state index is 0.137. The van der Waals surface area contributed by atoms with Gasteiger partial charge in [-0.15, -0.1) is 0 Å². The first kappa shape index (κ1) is 19.6. The number of amides is 2. The van der Waals surface area contributed by atoms with E-state index in [2.05, 4.69) is 10.1 Å². The molecular formula is C12H20N2O8. The fourth-order valence-corrected chi connectivity index (χ4v) is 1.52. The van der Waals surface area contributed by atoms with Crippen LogP contribution < -0.4 is 5.32 Å². The molecule has 10 nitrogen and oxygen atoms in total. The number of nitrogens with zero attached hydrogens (tertiary/aromatic N) is 1. The van der Waals surface area contributed by atoms with Crippen molar-refractivity contribution >= 4 is 23.9 Å². The second-order valence-corrected chi connectivity index (χ2v) is 4.48. The first-order chi connectivity index (χ1) is 10.3. The number of aliphatic hydroxyl groups excluding tert-OH is 1. The maximum absolute atomic E-state index is 11.6. The van der Waals surface area contributed by atoms with Gasteiger partial charge in [0.1, 0.15) is 12.6 Å². The van der Waals surface area contributed by atoms with Gasteiger partial charge in [-0.05, 0) is 19.3 Å². The number of nitrogens with one attached hydrogen (secondary N) is 1. The van der Waals surface area contributed by atoms with Crippen LogP contribution in [0, 0.1) is 0 Å². The molecule has 22 heavy (non-hydrogen) atoms. The molecule has 4 N–H and O–H groups in total. The largest absolute Gasteiger partial charge is 0.479 e. The van der Waals surface area contributed by atoms with Crippen LogP contribution in [0.25, 0.3) is 0 Å². The van der Waals surface area contributed by atoms with Crippen molar-refractivity contribution in [1.82, 2.24) is 10.2 Å². The Balaban J connectivity index is 4.34. The number of aliphatic carboxylic acids is 1. The lowest BCUT2D eigenvalue weighted by Gasteiger charge is -2.17. The summed E-state index contributed by atoms with van der Waals surface area (Å²) < 4.78 is 4.49. The number of esters is 1. The monoisotopic (exact) mass is 320 g/mol. The Morgan fingerprint density at radius 1 is 1.18 bits per heavy atom. The number of carboxylic acid groups (broad SMARTS) is 2. The highest BCUT2D eigenvalue weighted by Crippen LogP contribution is 2.05. The quantitative estimate of drug-likeness (QED) is 0.291. The van der Waals surface area contributed by atoms with Gasteiger partial charge in [0, 0.05) is 13.6 Å². The lowest BCUT2D eigenvalue weighted by atomic mass is 10.1. The number of ether oxygens (including phenoxy) is 1. The summed E-state index contributed by atoms with van der Waals surface area (Å²) in [4.78, 5) is 44.8. The van der Waals surface area contributed by atoms with E-state index in [1.165, 1.54) is 7.05 Å². The van der Waals surface area contributed by atoms with E-state index in [1.807, 2.05) is 0 Å². The van der Waals surface area contributed by atoms with E-state index in [0.29, 0.717) is 12.8 Å². The Kier molecular flexibility index (Phi) is 9.27. The Morgan fingerprint density at radius 2 is 1.82 bits per heavy atom. The summed E-state index contributed by atoms with van der Waals surface area (Å²) >= 11 is 0. The molecule has 0 aromatic rings. The molecule has 0 aromatic carbocycles. The molecular weight excluding hydrogens is 300 g/mol. The first-order valence-electron chi connectivity index (χ1n) is 6.50. The third-order valence-corrected chi connectivity index (χ3v) is 2.66. The lowest BCUT2D eigenvalue weighted by molar-refractivity contribution is -0.157. The molecule has 0 aromatic heterocycles. The molecule has 126 valence electrons. The van der Waals surface area contributed by atoms with E-state index in [9.17, 15) is 19.2 Å². The van der Waals surface area contributed by atoms with E-state index in [-0.39, 0.29) is 13.0 Å². The number of hydrogen-bond donors (Lipinski definition) is 4. The van der Waals surface area contributed by atoms with Crippen molar-refractivity contribution in [1.29, 1.82) is 0 Å². The van der Waals surface area contributed by atoms with Gasteiger partial charge < -0.3 is 30.3 Å². The zero-order valence-electron chi connectivity index (χ0n) is 12.2. The molecule has 0 aliphatic carbocycles. The molecule has 0 saturated heterocycles. The number of unbranched alkanes of at least 4 members (excludes halogenated alkanes) is 1. The van der Waals surface area contributed by atoms with Gasteiger partial charge in [-0.3, -0.25) is 4.79 Å². The molecule has 0 radical (unpaired) electrons. The van der Waals surface area contributed by atoms with E-state index < -0.39 is 43.2 Å². The minimum Gasteiger partial charge on any atom is -0.479 e. The van der Waals surface area contributed by atoms with Crippen molar-refractivity contribution in [2.45, 2.75) is 25.3 Å². The fraction of sp³-hybridized carbons (Fsp3) is 0.667. The summed E-state index contributed by atoms with van der Waals surface area (Å²) in [6.07, 6.45) is -0.0973. The van der Waals surface area contributed by atoms with Crippen LogP contribution >= 0.6 is 0 Å². The molecule has 1 unspecified atom stereocenters. The van der Waals surface area contributed by atoms with Crippen molar-refractivity contribution in [3.8, 4) is 0 Å². The summed E-state index contributed by atoms with van der Waals surface area (Å²) in [5.74, 6) is -3.04. The predicted molar refractivity (Wildman–Crippen MR) is 72.1 cm³/mol. The highest BCUT2D eigenvalue weighted by molar-refractivity contribution is 5.85. The average molecular weight is 320 g/mol. The third-order valence-electron chi connectivity index (χ3n) is 2.66. The highest BCUT2D eigenvalue weighted by atomic mass is 16.6. The normalized spacial score (nSPS) is 11.4. The summed E-state index contributed by atoms with van der Waals surface area (Å²) in [5.41, 5.74) is 0. The molecule has 10 heteroatoms. The van der Waals surface area contributed by atoms with Crippen LogP contribution in [-0.2, 0) is 19.1 Å². The Hall–Kier alpha value is -2.36. The standard InChI is InChI=1S/C12H20N2O8/c1-14(12(20)21)5-3-2-4-8(13-9(16)6-15)11(19)22-7-10(17)18/h8,15H,2-7H2,1H3,(H,13,16)(H,17,18)(H,20,21). The Bertz CT molecular complexity index is 412. The molecule has 0 heterocycles. The molecule has 0 rings (SSSR count). The smallest absolute Gasteiger partial charge is 0.407 e. The topological polar surface area (TPSA) is 153 Å². The second kappa shape index (κ2) is 10.4. The molecule has 0 aliphatic heterocycles. The zero-order valence-corrected chi connectivity index (χ0v) is 12.2. The minimum atomic E-state index is -1.33. The van der Waals surface area contributed by atoms with Crippen LogP contribution in [-0.4, -0.2) is 77.0 Å². The second-order valence-electron chi connectivity index (χ2n) is 4.48. The van der Waals surface area contributed by atoms with Crippen LogP contribution in [0.1, 0.15) is 19.3 Å². The van der Waals surface area contributed by atoms with E-state index in [0.717, 1.165) is 4.90 Å². The van der Waals surface area contributed by atoms with Crippen LogP contribution in [0.2, 0.25) is 0 Å². The highest BCUT2D eigenvalue weighted by Gasteiger charge is 2.22. The number of hydrogen-bond acceptors (Lipinski definition) is 6. The summed E-state index contributed by atoms with van der Waals surface area (Å²) in [6, 6.07) is -1.09. The van der Waals surface area contributed by atoms with Crippen LogP contribution in [0.15, 0.2) is 0 Å². The maximum atomic E-state index is 11.6. The summed E-state index contributed by atoms with van der Waals surface area (Å²) in [5, 5.41) is 28.0. The van der Waals surface area contributed by atoms with E-state index >= 15 is 0 Å². The zero-order chi connectivity index (χ0) is 17.1. The van der Waals surface area contributed by atoms with Gasteiger partial charge in [0.15, 0.2) is 6.61 Å². The van der Waals surface area contributed by atoms with Gasteiger partial charge in [-0.25, -0.2) is 14.4 Å².